The molecule has 0 aromatic heterocycles. The van der Waals surface area contributed by atoms with E-state index in [-0.39, 0.29) is 24.9 Å². The number of carbonyl (C=O) groups excluding carboxylic acids is 6. The number of aliphatic carboxylic acids is 1. The number of phosphoric ester groups is 1. The Morgan fingerprint density at radius 3 is 1.78 bits per heavy atom. The van der Waals surface area contributed by atoms with Crippen LogP contribution in [0.1, 0.15) is 127 Å². The SMILES string of the molecule is C=C(C/C=C(\C)CCC=C(C)C)CCC(C)(C)/C=C/CC/C(C)=C\CO[C@H](COP(=O)(O)O[C@H]1O[C@H](C(N)=O)[C@H](O)[C@H](OC(N)=O)[C@H]1O[C@@H]1O[C@H](C)[C@@H](O[C@@H]2O[C@H](C)[C@@H](O[C@@H]3O[C@H](C(=O)NC4=C(O)CCC4=O)[C@H](O)[C@H](O)[C@H]3O)[C@H](O)[C@H]2NC(C)=O)[C@H](O)[C@H]1NC(C)=O)C(=O)O. The fourth-order valence-electron chi connectivity index (χ4n) is 10.9. The van der Waals surface area contributed by atoms with Crippen LogP contribution >= 0.6 is 7.82 Å². The topological polar surface area (TPSA) is 508 Å². The summed E-state index contributed by atoms with van der Waals surface area (Å²) in [6.07, 6.45) is -23.6. The van der Waals surface area contributed by atoms with Gasteiger partial charge in [0.05, 0.1) is 25.4 Å². The third-order valence-electron chi connectivity index (χ3n) is 16.4. The number of ether oxygens (including phenoxy) is 9. The Labute approximate surface area is 555 Å². The molecule has 16 N–H and O–H groups in total. The second-order valence-corrected chi connectivity index (χ2v) is 26.7. The van der Waals surface area contributed by atoms with Crippen LogP contribution in [0.4, 0.5) is 4.79 Å². The van der Waals surface area contributed by atoms with Gasteiger partial charge in [0.25, 0.3) is 5.91 Å². The molecule has 96 heavy (non-hydrogen) atoms. The zero-order valence-electron chi connectivity index (χ0n) is 55.4. The summed E-state index contributed by atoms with van der Waals surface area (Å²) in [5.74, 6) is -7.10. The van der Waals surface area contributed by atoms with Gasteiger partial charge in [-0.15, -0.1) is 0 Å². The van der Waals surface area contributed by atoms with Crippen molar-refractivity contribution in [2.24, 2.45) is 16.9 Å². The molecule has 5 aliphatic rings. The number of aliphatic hydroxyl groups is 7. The van der Waals surface area contributed by atoms with Crippen LogP contribution in [0.25, 0.3) is 0 Å². The molecule has 0 radical (unpaired) electrons. The van der Waals surface area contributed by atoms with Gasteiger partial charge < -0.3 is 116 Å². The molecular formula is C62H96N5O28P. The summed E-state index contributed by atoms with van der Waals surface area (Å²) >= 11 is 0. The van der Waals surface area contributed by atoms with Crippen LogP contribution in [0.5, 0.6) is 0 Å². The van der Waals surface area contributed by atoms with Crippen molar-refractivity contribution in [2.45, 2.75) is 256 Å². The van der Waals surface area contributed by atoms with E-state index in [9.17, 15) is 83.9 Å². The van der Waals surface area contributed by atoms with E-state index < -0.39 is 196 Å². The molecule has 22 atom stereocenters. The van der Waals surface area contributed by atoms with Crippen molar-refractivity contribution < 1.29 is 136 Å². The molecule has 1 aliphatic carbocycles. The van der Waals surface area contributed by atoms with Gasteiger partial charge in [0.1, 0.15) is 72.4 Å². The number of allylic oxidation sites excluding steroid dienone is 10. The summed E-state index contributed by atoms with van der Waals surface area (Å²) in [7, 11) is -5.66. The van der Waals surface area contributed by atoms with Crippen LogP contribution in [0.15, 0.2) is 70.7 Å². The minimum Gasteiger partial charge on any atom is -0.510 e. The highest BCUT2D eigenvalue weighted by Crippen LogP contribution is 2.48. The maximum atomic E-state index is 13.8. The first-order valence-corrected chi connectivity index (χ1v) is 32.8. The molecule has 0 aromatic carbocycles. The Balaban J connectivity index is 1.26. The van der Waals surface area contributed by atoms with E-state index in [1.807, 2.05) is 6.92 Å². The molecule has 0 saturated carbocycles. The molecule has 5 rings (SSSR count). The average molecular weight is 1390 g/mol. The summed E-state index contributed by atoms with van der Waals surface area (Å²) in [5, 5.41) is 94.8. The highest BCUT2D eigenvalue weighted by molar-refractivity contribution is 7.47. The van der Waals surface area contributed by atoms with Gasteiger partial charge in [0.15, 0.2) is 61.5 Å². The summed E-state index contributed by atoms with van der Waals surface area (Å²) in [6, 6.07) is -3.52. The molecule has 0 bridgehead atoms. The fraction of sp³-hybridized carbons (Fsp3) is 0.694. The highest BCUT2D eigenvalue weighted by atomic mass is 31.2. The van der Waals surface area contributed by atoms with Crippen LogP contribution in [0, 0.1) is 5.41 Å². The first-order valence-electron chi connectivity index (χ1n) is 31.3. The van der Waals surface area contributed by atoms with Crippen molar-refractivity contribution in [2.75, 3.05) is 13.2 Å². The number of hydrogen-bond donors (Lipinski definition) is 14. The number of nitrogens with two attached hydrogens (primary N) is 2. The maximum Gasteiger partial charge on any atom is 0.474 e. The number of primary amides is 2. The Hall–Kier alpha value is -5.92. The second-order valence-electron chi connectivity index (χ2n) is 25.3. The first kappa shape index (κ1) is 80.8. The van der Waals surface area contributed by atoms with Gasteiger partial charge in [-0.1, -0.05) is 73.1 Å². The molecule has 5 amide bonds. The number of nitrogens with one attached hydrogen (secondary N) is 3. The van der Waals surface area contributed by atoms with Crippen molar-refractivity contribution in [3.8, 4) is 0 Å². The third-order valence-corrected chi connectivity index (χ3v) is 17.3. The normalized spacial score (nSPS) is 33.2. The van der Waals surface area contributed by atoms with Gasteiger partial charge in [-0.3, -0.25) is 33.0 Å². The lowest BCUT2D eigenvalue weighted by molar-refractivity contribution is -0.362. The Morgan fingerprint density at radius 2 is 1.25 bits per heavy atom. The summed E-state index contributed by atoms with van der Waals surface area (Å²) < 4.78 is 76.0. The fourth-order valence-corrected chi connectivity index (χ4v) is 11.7. The van der Waals surface area contributed by atoms with E-state index in [1.165, 1.54) is 25.0 Å². The lowest BCUT2D eigenvalue weighted by atomic mass is 9.85. The second kappa shape index (κ2) is 36.2. The van der Waals surface area contributed by atoms with E-state index in [0.29, 0.717) is 12.8 Å². The van der Waals surface area contributed by atoms with Crippen molar-refractivity contribution in [3.05, 3.63) is 70.7 Å². The van der Waals surface area contributed by atoms with Gasteiger partial charge >= 0.3 is 19.9 Å². The zero-order valence-corrected chi connectivity index (χ0v) is 56.3. The number of carboxylic acid groups (broad SMARTS) is 1. The third kappa shape index (κ3) is 23.4. The number of ketones is 1. The molecule has 4 aliphatic heterocycles. The molecule has 33 nitrogen and oxygen atoms in total. The molecule has 0 spiro atoms. The van der Waals surface area contributed by atoms with E-state index in [1.54, 1.807) is 6.08 Å². The number of Topliss-reactive ketones (excluding diaryl/α,β-unsaturated/α-hetero) is 1. The monoisotopic (exact) mass is 1390 g/mol. The minimum atomic E-state index is -5.66. The Kier molecular flexibility index (Phi) is 30.5. The van der Waals surface area contributed by atoms with Gasteiger partial charge in [0, 0.05) is 26.7 Å². The molecule has 4 saturated heterocycles. The minimum absolute atomic E-state index is 0.0831. The Bertz CT molecular complexity index is 2950. The lowest BCUT2D eigenvalue weighted by Crippen LogP contribution is -2.70. The standard InChI is InChI=1S/C62H96N5O28P/c1-28(2)15-14-17-29(3)18-19-31(5)22-25-62(10,11)24-13-12-16-30(4)23-26-85-38(56(80)81)27-86-96(83,84)95-60-53(50(94-61(64)82)47(77)51(91-60)54(63)78)93-58-41(66-35(9)69)42(72)48(32(6)88-58)89-57-40(65-34(8)68)43(73)49(33(7)87-57)90-59-46(76)44(74)45(75)52(92-59)55(79)67-39-36(70)20-21-37(39)71/h13,15,18,23-24,32-33,38,40-53,57-60,70,72-77H,5,12,14,16-17,19-22,25-27H2,1-4,6-11H3,(H2,63,78)(H2,64,82)(H,65,68)(H,66,69)(H,67,79)(H,80,81)(H,83,84)/b24-13+,29-18+,30-23-/t32-,33-,38-,40-,41-,42-,43-,44+,45-,46-,47-,48-,49-,50+,51+,52+,53-,57+,58+,59-,60-/m1/s1. The van der Waals surface area contributed by atoms with Crippen LogP contribution < -0.4 is 27.4 Å². The lowest BCUT2D eigenvalue weighted by Gasteiger charge is -2.50. The maximum absolute atomic E-state index is 13.8. The molecular weight excluding hydrogens is 1290 g/mol. The van der Waals surface area contributed by atoms with E-state index in [4.69, 9.17) is 63.1 Å². The number of amides is 5. The van der Waals surface area contributed by atoms with Crippen molar-refractivity contribution in [1.29, 1.82) is 0 Å². The van der Waals surface area contributed by atoms with E-state index >= 15 is 0 Å². The predicted molar refractivity (Wildman–Crippen MR) is 333 cm³/mol. The predicted octanol–water partition coefficient (Wildman–Crippen LogP) is 0.786. The number of carbonyl (C=O) groups is 7. The molecule has 1 unspecified atom stereocenters. The van der Waals surface area contributed by atoms with Gasteiger partial charge in [0.2, 0.25) is 17.7 Å². The van der Waals surface area contributed by atoms with Crippen molar-refractivity contribution in [3.63, 3.8) is 0 Å². The molecule has 34 heteroatoms. The quantitative estimate of drug-likeness (QED) is 0.0319. The molecule has 542 valence electrons. The number of carboxylic acids is 1. The number of phosphoric acid groups is 1. The van der Waals surface area contributed by atoms with Crippen molar-refractivity contribution >= 4 is 49.3 Å². The first-order chi connectivity index (χ1) is 44.8. The molecule has 4 fully saturated rings. The number of hydrogen-bond acceptors (Lipinski definition) is 26. The van der Waals surface area contributed by atoms with Crippen LogP contribution in [0.3, 0.4) is 0 Å². The van der Waals surface area contributed by atoms with Crippen molar-refractivity contribution in [1.82, 2.24) is 16.0 Å². The van der Waals surface area contributed by atoms with Crippen LogP contribution in [-0.2, 0) is 85.0 Å². The highest BCUT2D eigenvalue weighted by Gasteiger charge is 2.58. The zero-order chi connectivity index (χ0) is 71.8. The van der Waals surface area contributed by atoms with Gasteiger partial charge in [-0.25, -0.2) is 14.2 Å². The number of rotatable bonds is 33. The summed E-state index contributed by atoms with van der Waals surface area (Å²) in [5.41, 5.74) is 14.9. The van der Waals surface area contributed by atoms with E-state index in [0.717, 1.165) is 57.1 Å². The average Bonchev–Trinajstić information content (AvgIpc) is 0.855. The smallest absolute Gasteiger partial charge is 0.474 e. The summed E-state index contributed by atoms with van der Waals surface area (Å²) in [4.78, 5) is 99.6. The van der Waals surface area contributed by atoms with Gasteiger partial charge in [-0.2, -0.15) is 0 Å². The Morgan fingerprint density at radius 1 is 0.698 bits per heavy atom. The summed E-state index contributed by atoms with van der Waals surface area (Å²) in [6.45, 7) is 19.8. The van der Waals surface area contributed by atoms with Crippen LogP contribution in [0.2, 0.25) is 0 Å². The van der Waals surface area contributed by atoms with Crippen LogP contribution in [-0.4, -0.2) is 229 Å². The number of aliphatic hydroxyl groups excluding tert-OH is 7. The molecule has 0 aromatic rings. The molecule has 4 heterocycles. The largest absolute Gasteiger partial charge is 0.510 e. The van der Waals surface area contributed by atoms with Gasteiger partial charge in [-0.05, 0) is 91.9 Å². The van der Waals surface area contributed by atoms with E-state index in [2.05, 4.69) is 81.5 Å².